The molecule has 15 heavy (non-hydrogen) atoms. The van der Waals surface area contributed by atoms with Crippen LogP contribution in [0.1, 0.15) is 46.5 Å². The van der Waals surface area contributed by atoms with Crippen molar-refractivity contribution in [3.8, 4) is 0 Å². The molecule has 0 spiro atoms. The van der Waals surface area contributed by atoms with Gasteiger partial charge in [-0.3, -0.25) is 0 Å². The molecule has 0 aromatic rings. The van der Waals surface area contributed by atoms with E-state index in [-0.39, 0.29) is 0 Å². The minimum Gasteiger partial charge on any atom is -0.0995 e. The molecule has 0 saturated heterocycles. The molecule has 0 heterocycles. The Morgan fingerprint density at radius 2 is 2.07 bits per heavy atom. The first-order chi connectivity index (χ1) is 7.05. The van der Waals surface area contributed by atoms with Gasteiger partial charge in [-0.15, -0.1) is 0 Å². The first-order valence-corrected chi connectivity index (χ1v) is 6.73. The lowest BCUT2D eigenvalue weighted by Crippen LogP contribution is -2.64. The number of hydrogen-bond donors (Lipinski definition) is 0. The predicted octanol–water partition coefficient (Wildman–Crippen LogP) is 4.27. The van der Waals surface area contributed by atoms with Crippen molar-refractivity contribution in [2.75, 3.05) is 0 Å². The standard InChI is InChI=1S/C15H24/c1-9(2)11-7-8-15(4)12-6-5-10(3)14(15)13(11)12/h9,11-14H,3,5-8H2,1-2,4H3/t11-,12-,13-,14?,15+/m0/s1. The molecule has 4 aliphatic rings. The van der Waals surface area contributed by atoms with Crippen LogP contribution in [-0.2, 0) is 0 Å². The molecular weight excluding hydrogens is 180 g/mol. The summed E-state index contributed by atoms with van der Waals surface area (Å²) in [4.78, 5) is 0. The molecule has 0 aromatic heterocycles. The lowest BCUT2D eigenvalue weighted by Gasteiger charge is -2.71. The summed E-state index contributed by atoms with van der Waals surface area (Å²) in [5, 5.41) is 0. The van der Waals surface area contributed by atoms with E-state index in [2.05, 4.69) is 27.4 Å². The van der Waals surface area contributed by atoms with Crippen molar-refractivity contribution in [3.05, 3.63) is 12.2 Å². The van der Waals surface area contributed by atoms with Gasteiger partial charge in [-0.25, -0.2) is 0 Å². The maximum absolute atomic E-state index is 4.35. The molecule has 0 amide bonds. The highest BCUT2D eigenvalue weighted by Gasteiger charge is 2.65. The van der Waals surface area contributed by atoms with Crippen molar-refractivity contribution >= 4 is 0 Å². The number of fused-ring (bicyclic) bond motifs is 2. The second-order valence-electron chi connectivity index (χ2n) is 6.81. The van der Waals surface area contributed by atoms with Gasteiger partial charge in [0, 0.05) is 0 Å². The summed E-state index contributed by atoms with van der Waals surface area (Å²) in [5.41, 5.74) is 2.26. The van der Waals surface area contributed by atoms with Gasteiger partial charge < -0.3 is 0 Å². The van der Waals surface area contributed by atoms with Gasteiger partial charge in [0.2, 0.25) is 0 Å². The molecule has 0 N–H and O–H groups in total. The number of hydrogen-bond acceptors (Lipinski definition) is 0. The third-order valence-electron chi connectivity index (χ3n) is 5.99. The molecule has 4 bridgehead atoms. The van der Waals surface area contributed by atoms with E-state index >= 15 is 0 Å². The van der Waals surface area contributed by atoms with Gasteiger partial charge in [0.25, 0.3) is 0 Å². The maximum atomic E-state index is 4.35. The van der Waals surface area contributed by atoms with Crippen molar-refractivity contribution in [3.63, 3.8) is 0 Å². The van der Waals surface area contributed by atoms with E-state index in [0.717, 1.165) is 29.6 Å². The van der Waals surface area contributed by atoms with Crippen LogP contribution in [0.25, 0.3) is 0 Å². The van der Waals surface area contributed by atoms with Crippen LogP contribution in [0.4, 0.5) is 0 Å². The minimum atomic E-state index is 0.672. The Balaban J connectivity index is 1.93. The lowest BCUT2D eigenvalue weighted by atomic mass is 9.33. The Hall–Kier alpha value is -0.260. The maximum Gasteiger partial charge on any atom is -0.0115 e. The Kier molecular flexibility index (Phi) is 1.92. The van der Waals surface area contributed by atoms with Crippen molar-refractivity contribution in [2.45, 2.75) is 46.5 Å². The predicted molar refractivity (Wildman–Crippen MR) is 64.5 cm³/mol. The van der Waals surface area contributed by atoms with Crippen LogP contribution in [0.3, 0.4) is 0 Å². The third kappa shape index (κ3) is 1.04. The van der Waals surface area contributed by atoms with E-state index in [4.69, 9.17) is 0 Å². The SMILES string of the molecule is C=C1CC[C@H]2[C@H]3C1[C@]2(C)CC[C@H]3C(C)C. The summed E-state index contributed by atoms with van der Waals surface area (Å²) in [7, 11) is 0. The summed E-state index contributed by atoms with van der Waals surface area (Å²) >= 11 is 0. The van der Waals surface area contributed by atoms with Crippen molar-refractivity contribution in [2.24, 2.45) is 35.0 Å². The molecule has 0 aromatic carbocycles. The zero-order valence-corrected chi connectivity index (χ0v) is 10.4. The normalized spacial score (nSPS) is 52.9. The second kappa shape index (κ2) is 2.90. The van der Waals surface area contributed by atoms with Crippen LogP contribution in [-0.4, -0.2) is 0 Å². The summed E-state index contributed by atoms with van der Waals surface area (Å²) in [6.07, 6.45) is 5.73. The summed E-state index contributed by atoms with van der Waals surface area (Å²) < 4.78 is 0. The van der Waals surface area contributed by atoms with Crippen LogP contribution in [0.15, 0.2) is 12.2 Å². The molecular formula is C15H24. The fourth-order valence-corrected chi connectivity index (χ4v) is 5.32. The molecule has 0 nitrogen and oxygen atoms in total. The second-order valence-corrected chi connectivity index (χ2v) is 6.81. The molecule has 0 heteroatoms. The van der Waals surface area contributed by atoms with Crippen LogP contribution >= 0.6 is 0 Å². The van der Waals surface area contributed by atoms with E-state index in [1.54, 1.807) is 5.57 Å². The topological polar surface area (TPSA) is 0 Å². The van der Waals surface area contributed by atoms with Crippen LogP contribution < -0.4 is 0 Å². The fourth-order valence-electron chi connectivity index (χ4n) is 5.32. The van der Waals surface area contributed by atoms with Crippen molar-refractivity contribution < 1.29 is 0 Å². The van der Waals surface area contributed by atoms with Gasteiger partial charge in [-0.05, 0) is 60.7 Å². The molecule has 0 radical (unpaired) electrons. The largest absolute Gasteiger partial charge is 0.0995 e. The molecule has 0 aliphatic heterocycles. The molecule has 4 saturated carbocycles. The van der Waals surface area contributed by atoms with Crippen LogP contribution in [0.5, 0.6) is 0 Å². The quantitative estimate of drug-likeness (QED) is 0.559. The van der Waals surface area contributed by atoms with E-state index in [1.165, 1.54) is 25.7 Å². The number of allylic oxidation sites excluding steroid dienone is 1. The van der Waals surface area contributed by atoms with E-state index in [9.17, 15) is 0 Å². The first-order valence-electron chi connectivity index (χ1n) is 6.73. The van der Waals surface area contributed by atoms with E-state index in [0.29, 0.717) is 5.41 Å². The molecule has 1 unspecified atom stereocenters. The molecule has 4 rings (SSSR count). The van der Waals surface area contributed by atoms with Gasteiger partial charge in [-0.1, -0.05) is 32.9 Å². The average molecular weight is 204 g/mol. The van der Waals surface area contributed by atoms with Crippen molar-refractivity contribution in [1.82, 2.24) is 0 Å². The first kappa shape index (κ1) is 9.93. The Morgan fingerprint density at radius 3 is 2.67 bits per heavy atom. The molecule has 5 atom stereocenters. The monoisotopic (exact) mass is 204 g/mol. The van der Waals surface area contributed by atoms with Gasteiger partial charge in [0.05, 0.1) is 0 Å². The average Bonchev–Trinajstić information content (AvgIpc) is 2.17. The number of rotatable bonds is 1. The Bertz CT molecular complexity index is 299. The zero-order chi connectivity index (χ0) is 10.8. The minimum absolute atomic E-state index is 0.672. The van der Waals surface area contributed by atoms with Crippen LogP contribution in [0, 0.1) is 35.0 Å². The summed E-state index contributed by atoms with van der Waals surface area (Å²) in [6.45, 7) is 11.7. The Morgan fingerprint density at radius 1 is 1.33 bits per heavy atom. The highest BCUT2D eigenvalue weighted by molar-refractivity contribution is 5.26. The van der Waals surface area contributed by atoms with E-state index < -0.39 is 0 Å². The van der Waals surface area contributed by atoms with Crippen LogP contribution in [0.2, 0.25) is 0 Å². The Labute approximate surface area is 94.1 Å². The van der Waals surface area contributed by atoms with Gasteiger partial charge >= 0.3 is 0 Å². The highest BCUT2D eigenvalue weighted by Crippen LogP contribution is 2.72. The van der Waals surface area contributed by atoms with E-state index in [1.807, 2.05) is 0 Å². The summed E-state index contributed by atoms with van der Waals surface area (Å²) in [5.74, 6) is 4.85. The van der Waals surface area contributed by atoms with Gasteiger partial charge in [-0.2, -0.15) is 0 Å². The summed E-state index contributed by atoms with van der Waals surface area (Å²) in [6, 6.07) is 0. The smallest absolute Gasteiger partial charge is 0.0115 e. The van der Waals surface area contributed by atoms with Gasteiger partial charge in [0.15, 0.2) is 0 Å². The lowest BCUT2D eigenvalue weighted by molar-refractivity contribution is -0.194. The van der Waals surface area contributed by atoms with Crippen molar-refractivity contribution in [1.29, 1.82) is 0 Å². The molecule has 84 valence electrons. The molecule has 4 fully saturated rings. The van der Waals surface area contributed by atoms with Gasteiger partial charge in [0.1, 0.15) is 0 Å². The zero-order valence-electron chi connectivity index (χ0n) is 10.4. The highest BCUT2D eigenvalue weighted by atomic mass is 14.7. The molecule has 4 aliphatic carbocycles. The fraction of sp³-hybridized carbons (Fsp3) is 0.867. The third-order valence-corrected chi connectivity index (χ3v) is 5.99.